The van der Waals surface area contributed by atoms with Crippen LogP contribution in [0.1, 0.15) is 16.7 Å². The van der Waals surface area contributed by atoms with Crippen LogP contribution in [0, 0.1) is 18.8 Å². The van der Waals surface area contributed by atoms with Gasteiger partial charge in [-0.15, -0.1) is 0 Å². The summed E-state index contributed by atoms with van der Waals surface area (Å²) in [4.78, 5) is 8.72. The van der Waals surface area contributed by atoms with Crippen LogP contribution in [0.5, 0.6) is 0 Å². The Hall–Kier alpha value is -4.47. The van der Waals surface area contributed by atoms with E-state index >= 15 is 0 Å². The molecule has 6 heteroatoms. The number of pyridine rings is 2. The average Bonchev–Trinajstić information content (AvgIpc) is 2.88. The number of sulfonamides is 1. The molecule has 2 heterocycles. The maximum Gasteiger partial charge on any atom is 0.264 e. The summed E-state index contributed by atoms with van der Waals surface area (Å²) in [7, 11) is -3.92. The number of aryl methyl sites for hydroxylation is 1. The van der Waals surface area contributed by atoms with Crippen molar-refractivity contribution in [3.63, 3.8) is 0 Å². The number of hydrogen-bond acceptors (Lipinski definition) is 4. The van der Waals surface area contributed by atoms with E-state index in [4.69, 9.17) is 0 Å². The first-order valence-corrected chi connectivity index (χ1v) is 12.5. The van der Waals surface area contributed by atoms with Gasteiger partial charge in [0.1, 0.15) is 4.90 Å². The zero-order chi connectivity index (χ0) is 24.3. The summed E-state index contributed by atoms with van der Waals surface area (Å²) < 4.78 is 29.7. The van der Waals surface area contributed by atoms with Gasteiger partial charge < -0.3 is 0 Å². The van der Waals surface area contributed by atoms with Crippen LogP contribution in [0.25, 0.3) is 22.0 Å². The Morgan fingerprint density at radius 1 is 0.771 bits per heavy atom. The lowest BCUT2D eigenvalue weighted by Gasteiger charge is -2.13. The monoisotopic (exact) mass is 475 g/mol. The molecule has 0 spiro atoms. The van der Waals surface area contributed by atoms with E-state index in [0.29, 0.717) is 22.3 Å². The van der Waals surface area contributed by atoms with Crippen LogP contribution in [0.3, 0.4) is 0 Å². The number of anilines is 1. The normalized spacial score (nSPS) is 11.0. The van der Waals surface area contributed by atoms with Gasteiger partial charge in [0.25, 0.3) is 10.0 Å². The zero-order valence-corrected chi connectivity index (χ0v) is 19.8. The van der Waals surface area contributed by atoms with Crippen molar-refractivity contribution in [2.45, 2.75) is 11.8 Å². The van der Waals surface area contributed by atoms with Crippen molar-refractivity contribution in [2.24, 2.45) is 0 Å². The molecule has 0 bridgehead atoms. The molecule has 5 nitrogen and oxygen atoms in total. The standard InChI is InChI=1S/C29H21N3O2S/c1-21-13-14-24-11-7-18-31-28(24)29(21)35(33,34)32-27-12-6-5-10-23(27)15-16-25-20-30-19-17-26(25)22-8-3-2-4-9-22/h2-14,17-20,32H,1H3. The maximum absolute atomic E-state index is 13.5. The number of hydrogen-bond donors (Lipinski definition) is 1. The van der Waals surface area contributed by atoms with Gasteiger partial charge in [-0.1, -0.05) is 72.5 Å². The Balaban J connectivity index is 1.54. The molecule has 170 valence electrons. The lowest BCUT2D eigenvalue weighted by atomic mass is 10.0. The second kappa shape index (κ2) is 9.41. The Morgan fingerprint density at radius 2 is 1.54 bits per heavy atom. The van der Waals surface area contributed by atoms with E-state index in [1.807, 2.05) is 54.6 Å². The highest BCUT2D eigenvalue weighted by molar-refractivity contribution is 7.93. The summed E-state index contributed by atoms with van der Waals surface area (Å²) in [5.41, 5.74) is 4.77. The summed E-state index contributed by atoms with van der Waals surface area (Å²) >= 11 is 0. The average molecular weight is 476 g/mol. The second-order valence-electron chi connectivity index (χ2n) is 7.98. The summed E-state index contributed by atoms with van der Waals surface area (Å²) in [5, 5.41) is 0.761. The highest BCUT2D eigenvalue weighted by atomic mass is 32.2. The van der Waals surface area contributed by atoms with Gasteiger partial charge in [0.05, 0.1) is 16.8 Å². The van der Waals surface area contributed by atoms with Crippen LogP contribution < -0.4 is 4.72 Å². The number of rotatable bonds is 4. The fraction of sp³-hybridized carbons (Fsp3) is 0.0345. The smallest absolute Gasteiger partial charge is 0.264 e. The first-order valence-electron chi connectivity index (χ1n) is 11.0. The van der Waals surface area contributed by atoms with Gasteiger partial charge in [-0.3, -0.25) is 14.7 Å². The van der Waals surface area contributed by atoms with Crippen molar-refractivity contribution in [1.29, 1.82) is 0 Å². The molecule has 35 heavy (non-hydrogen) atoms. The van der Waals surface area contributed by atoms with Crippen molar-refractivity contribution >= 4 is 26.6 Å². The minimum atomic E-state index is -3.92. The Bertz CT molecular complexity index is 1700. The Labute approximate surface area is 204 Å². The van der Waals surface area contributed by atoms with Crippen molar-refractivity contribution in [1.82, 2.24) is 9.97 Å². The molecule has 0 unspecified atom stereocenters. The fourth-order valence-electron chi connectivity index (χ4n) is 3.93. The molecule has 1 N–H and O–H groups in total. The molecule has 0 aliphatic carbocycles. The van der Waals surface area contributed by atoms with E-state index in [-0.39, 0.29) is 4.90 Å². The Morgan fingerprint density at radius 3 is 2.40 bits per heavy atom. The van der Waals surface area contributed by atoms with Gasteiger partial charge in [0, 0.05) is 35.1 Å². The van der Waals surface area contributed by atoms with E-state index in [1.165, 1.54) is 0 Å². The zero-order valence-electron chi connectivity index (χ0n) is 18.9. The van der Waals surface area contributed by atoms with Crippen molar-refractivity contribution in [2.75, 3.05) is 4.72 Å². The summed E-state index contributed by atoms with van der Waals surface area (Å²) in [6.07, 6.45) is 5.04. The summed E-state index contributed by atoms with van der Waals surface area (Å²) in [6, 6.07) is 26.3. The SMILES string of the molecule is Cc1ccc2cccnc2c1S(=O)(=O)Nc1ccccc1C#Cc1cnccc1-c1ccccc1. The van der Waals surface area contributed by atoms with Crippen LogP contribution in [-0.2, 0) is 10.0 Å². The molecule has 0 fully saturated rings. The number of aromatic nitrogens is 2. The minimum Gasteiger partial charge on any atom is -0.278 e. The number of benzene rings is 3. The Kier molecular flexibility index (Phi) is 6.01. The third kappa shape index (κ3) is 4.63. The molecule has 2 aromatic heterocycles. The van der Waals surface area contributed by atoms with E-state index in [9.17, 15) is 8.42 Å². The van der Waals surface area contributed by atoms with Crippen LogP contribution in [0.4, 0.5) is 5.69 Å². The highest BCUT2D eigenvalue weighted by Gasteiger charge is 2.22. The predicted octanol–water partition coefficient (Wildman–Crippen LogP) is 5.81. The number of fused-ring (bicyclic) bond motifs is 1. The first-order chi connectivity index (χ1) is 17.0. The molecular weight excluding hydrogens is 454 g/mol. The van der Waals surface area contributed by atoms with Gasteiger partial charge in [0.15, 0.2) is 0 Å². The molecule has 5 rings (SSSR count). The van der Waals surface area contributed by atoms with Crippen molar-refractivity contribution < 1.29 is 8.42 Å². The van der Waals surface area contributed by atoms with Crippen LogP contribution in [-0.4, -0.2) is 18.4 Å². The third-order valence-corrected chi connectivity index (χ3v) is 7.14. The molecule has 0 saturated heterocycles. The number of para-hydroxylation sites is 1. The molecule has 3 aromatic carbocycles. The molecule has 0 saturated carbocycles. The van der Waals surface area contributed by atoms with Gasteiger partial charge in [0.2, 0.25) is 0 Å². The first kappa shape index (κ1) is 22.3. The van der Waals surface area contributed by atoms with E-state index in [2.05, 4.69) is 26.5 Å². The lowest BCUT2D eigenvalue weighted by Crippen LogP contribution is -2.16. The van der Waals surface area contributed by atoms with Gasteiger partial charge in [-0.25, -0.2) is 8.42 Å². The molecule has 5 aromatic rings. The summed E-state index contributed by atoms with van der Waals surface area (Å²) in [6.45, 7) is 1.77. The predicted molar refractivity (Wildman–Crippen MR) is 139 cm³/mol. The quantitative estimate of drug-likeness (QED) is 0.333. The van der Waals surface area contributed by atoms with Crippen LogP contribution in [0.2, 0.25) is 0 Å². The van der Waals surface area contributed by atoms with Gasteiger partial charge in [-0.05, 0) is 42.3 Å². The van der Waals surface area contributed by atoms with E-state index < -0.39 is 10.0 Å². The number of nitrogens with one attached hydrogen (secondary N) is 1. The largest absolute Gasteiger partial charge is 0.278 e. The molecule has 0 amide bonds. The van der Waals surface area contributed by atoms with Crippen molar-refractivity contribution in [3.05, 3.63) is 120 Å². The molecule has 0 aliphatic heterocycles. The molecule has 0 atom stereocenters. The third-order valence-electron chi connectivity index (χ3n) is 5.60. The fourth-order valence-corrected chi connectivity index (χ4v) is 5.42. The van der Waals surface area contributed by atoms with Gasteiger partial charge in [-0.2, -0.15) is 0 Å². The van der Waals surface area contributed by atoms with Crippen LogP contribution in [0.15, 0.2) is 108 Å². The maximum atomic E-state index is 13.5. The molecular formula is C29H21N3O2S. The lowest BCUT2D eigenvalue weighted by molar-refractivity contribution is 0.601. The van der Waals surface area contributed by atoms with Crippen LogP contribution >= 0.6 is 0 Å². The molecule has 0 aliphatic rings. The molecule has 0 radical (unpaired) electrons. The topological polar surface area (TPSA) is 72.0 Å². The van der Waals surface area contributed by atoms with Crippen molar-refractivity contribution in [3.8, 4) is 23.0 Å². The van der Waals surface area contributed by atoms with Gasteiger partial charge >= 0.3 is 0 Å². The van der Waals surface area contributed by atoms with E-state index in [0.717, 1.165) is 22.1 Å². The second-order valence-corrected chi connectivity index (χ2v) is 9.59. The summed E-state index contributed by atoms with van der Waals surface area (Å²) in [5.74, 6) is 6.31. The minimum absolute atomic E-state index is 0.164. The number of nitrogens with zero attached hydrogens (tertiary/aromatic N) is 2. The highest BCUT2D eigenvalue weighted by Crippen LogP contribution is 2.28. The van der Waals surface area contributed by atoms with E-state index in [1.54, 1.807) is 55.8 Å².